The quantitative estimate of drug-likeness (QED) is 0.729. The van der Waals surface area contributed by atoms with Crippen LogP contribution in [0.3, 0.4) is 0 Å². The summed E-state index contributed by atoms with van der Waals surface area (Å²) in [4.78, 5) is 12.8. The van der Waals surface area contributed by atoms with E-state index in [9.17, 15) is 4.79 Å². The minimum Gasteiger partial charge on any atom is -0.496 e. The molecule has 0 aromatic heterocycles. The van der Waals surface area contributed by atoms with Gasteiger partial charge in [-0.15, -0.1) is 0 Å². The summed E-state index contributed by atoms with van der Waals surface area (Å²) in [6, 6.07) is 3.50. The summed E-state index contributed by atoms with van der Waals surface area (Å²) < 4.78 is 27.4. The average Bonchev–Trinajstić information content (AvgIpc) is 2.76. The van der Waals surface area contributed by atoms with Crippen molar-refractivity contribution in [2.24, 2.45) is 0 Å². The zero-order valence-electron chi connectivity index (χ0n) is 15.0. The average molecular weight is 379 g/mol. The lowest BCUT2D eigenvalue weighted by molar-refractivity contribution is 0.0513. The zero-order valence-corrected chi connectivity index (χ0v) is 15.7. The molecule has 138 valence electrons. The van der Waals surface area contributed by atoms with Crippen molar-refractivity contribution in [3.05, 3.63) is 40.1 Å². The van der Waals surface area contributed by atoms with Crippen LogP contribution in [-0.4, -0.2) is 33.9 Å². The second-order valence-corrected chi connectivity index (χ2v) is 6.12. The molecule has 26 heavy (non-hydrogen) atoms. The van der Waals surface area contributed by atoms with E-state index in [-0.39, 0.29) is 19.2 Å². The Labute approximate surface area is 156 Å². The molecule has 0 bridgehead atoms. The van der Waals surface area contributed by atoms with Gasteiger partial charge in [-0.1, -0.05) is 11.6 Å². The Morgan fingerprint density at radius 2 is 1.92 bits per heavy atom. The number of ketones is 1. The number of hydrogen-bond acceptors (Lipinski definition) is 6. The van der Waals surface area contributed by atoms with Crippen molar-refractivity contribution in [3.8, 4) is 17.2 Å². The molecule has 0 N–H and O–H groups in total. The minimum atomic E-state index is -0.219. The highest BCUT2D eigenvalue weighted by atomic mass is 35.5. The first-order chi connectivity index (χ1) is 12.5. The van der Waals surface area contributed by atoms with Crippen molar-refractivity contribution in [1.29, 1.82) is 0 Å². The summed E-state index contributed by atoms with van der Waals surface area (Å²) >= 11 is 6.35. The highest BCUT2D eigenvalue weighted by Crippen LogP contribution is 2.47. The molecule has 1 aliphatic rings. The number of hydrogen-bond donors (Lipinski definition) is 0. The Kier molecular flexibility index (Phi) is 5.25. The molecule has 0 fully saturated rings. The molecule has 2 aromatic rings. The Balaban J connectivity index is 2.45. The molecule has 2 aromatic carbocycles. The number of fused-ring (bicyclic) bond motifs is 2. The van der Waals surface area contributed by atoms with E-state index < -0.39 is 0 Å². The maximum Gasteiger partial charge on any atom is 0.193 e. The van der Waals surface area contributed by atoms with Gasteiger partial charge in [-0.25, -0.2) is 0 Å². The second kappa shape index (κ2) is 7.43. The van der Waals surface area contributed by atoms with Gasteiger partial charge >= 0.3 is 0 Å². The molecule has 0 amide bonds. The molecule has 0 atom stereocenters. The molecule has 3 rings (SSSR count). The van der Waals surface area contributed by atoms with Gasteiger partial charge in [-0.05, 0) is 13.0 Å². The van der Waals surface area contributed by atoms with Crippen molar-refractivity contribution in [2.75, 3.05) is 28.1 Å². The molecule has 0 aliphatic carbocycles. The van der Waals surface area contributed by atoms with E-state index >= 15 is 0 Å². The van der Waals surface area contributed by atoms with Crippen LogP contribution in [0.15, 0.2) is 24.0 Å². The number of carbonyl (C=O) groups is 1. The van der Waals surface area contributed by atoms with Crippen LogP contribution in [0.25, 0.3) is 10.8 Å². The van der Waals surface area contributed by atoms with Crippen LogP contribution in [0, 0.1) is 0 Å². The number of methoxy groups -OCH3 is 3. The number of halogens is 1. The third kappa shape index (κ3) is 3.06. The Hall–Kier alpha value is -2.44. The minimum absolute atomic E-state index is 0.0413. The number of carbonyl (C=O) groups excluding carboxylic acids is 1. The molecule has 1 heterocycles. The molecule has 7 heteroatoms. The molecule has 0 spiro atoms. The van der Waals surface area contributed by atoms with Gasteiger partial charge in [0.25, 0.3) is 0 Å². The predicted octanol–water partition coefficient (Wildman–Crippen LogP) is 4.11. The van der Waals surface area contributed by atoms with E-state index in [1.54, 1.807) is 20.1 Å². The van der Waals surface area contributed by atoms with E-state index in [1.165, 1.54) is 20.3 Å². The summed E-state index contributed by atoms with van der Waals surface area (Å²) in [5, 5.41) is 1.60. The van der Waals surface area contributed by atoms with Crippen molar-refractivity contribution >= 4 is 28.2 Å². The fourth-order valence-electron chi connectivity index (χ4n) is 3.01. The van der Waals surface area contributed by atoms with E-state index in [2.05, 4.69) is 0 Å². The monoisotopic (exact) mass is 378 g/mol. The second-order valence-electron chi connectivity index (χ2n) is 5.72. The van der Waals surface area contributed by atoms with Crippen LogP contribution >= 0.6 is 11.6 Å². The van der Waals surface area contributed by atoms with E-state index in [1.807, 2.05) is 6.07 Å². The van der Waals surface area contributed by atoms with Gasteiger partial charge in [0, 0.05) is 30.2 Å². The number of ether oxygens (including phenoxy) is 5. The standard InChI is InChI=1S/C19H19ClO6/c1-10-5-14(21)16-11(8-25-10)6-12-15(23-3)7-13(20)18(24-4)17(12)19(16)26-9-22-2/h5-7H,8-9H2,1-4H3. The smallest absolute Gasteiger partial charge is 0.193 e. The van der Waals surface area contributed by atoms with Crippen molar-refractivity contribution in [1.82, 2.24) is 0 Å². The molecule has 1 aliphatic heterocycles. The lowest BCUT2D eigenvalue weighted by Crippen LogP contribution is -2.09. The van der Waals surface area contributed by atoms with Crippen molar-refractivity contribution in [3.63, 3.8) is 0 Å². The van der Waals surface area contributed by atoms with Crippen LogP contribution in [-0.2, 0) is 16.1 Å². The Morgan fingerprint density at radius 3 is 2.58 bits per heavy atom. The molecule has 0 radical (unpaired) electrons. The number of benzene rings is 2. The maximum absolute atomic E-state index is 12.8. The lowest BCUT2D eigenvalue weighted by atomic mass is 9.95. The highest BCUT2D eigenvalue weighted by molar-refractivity contribution is 6.34. The Morgan fingerprint density at radius 1 is 1.15 bits per heavy atom. The summed E-state index contributed by atoms with van der Waals surface area (Å²) in [6.07, 6.45) is 1.44. The zero-order chi connectivity index (χ0) is 18.8. The molecule has 0 unspecified atom stereocenters. The van der Waals surface area contributed by atoms with Crippen LogP contribution in [0.5, 0.6) is 17.2 Å². The normalized spacial score (nSPS) is 13.6. The Bertz CT molecular complexity index is 903. The molecule has 0 saturated heterocycles. The molecule has 0 saturated carbocycles. The van der Waals surface area contributed by atoms with Gasteiger partial charge in [-0.2, -0.15) is 0 Å². The lowest BCUT2D eigenvalue weighted by Gasteiger charge is -2.19. The number of rotatable bonds is 5. The van der Waals surface area contributed by atoms with Crippen LogP contribution in [0.2, 0.25) is 5.02 Å². The first-order valence-corrected chi connectivity index (χ1v) is 8.26. The first kappa shape index (κ1) is 18.4. The fraction of sp³-hybridized carbons (Fsp3) is 0.316. The van der Waals surface area contributed by atoms with Gasteiger partial charge in [0.1, 0.15) is 23.9 Å². The van der Waals surface area contributed by atoms with Gasteiger partial charge < -0.3 is 23.7 Å². The van der Waals surface area contributed by atoms with Gasteiger partial charge in [-0.3, -0.25) is 4.79 Å². The summed E-state index contributed by atoms with van der Waals surface area (Å²) in [5.74, 6) is 1.58. The van der Waals surface area contributed by atoms with Crippen LogP contribution < -0.4 is 14.2 Å². The van der Waals surface area contributed by atoms with Gasteiger partial charge in [0.15, 0.2) is 12.6 Å². The van der Waals surface area contributed by atoms with E-state index in [4.69, 9.17) is 35.3 Å². The topological polar surface area (TPSA) is 63.2 Å². The van der Waals surface area contributed by atoms with Crippen molar-refractivity contribution < 1.29 is 28.5 Å². The largest absolute Gasteiger partial charge is 0.496 e. The molecule has 6 nitrogen and oxygen atoms in total. The maximum atomic E-state index is 12.8. The summed E-state index contributed by atoms with van der Waals surface area (Å²) in [6.45, 7) is 1.92. The molecular weight excluding hydrogens is 360 g/mol. The predicted molar refractivity (Wildman–Crippen MR) is 97.4 cm³/mol. The van der Waals surface area contributed by atoms with E-state index in [0.29, 0.717) is 49.9 Å². The summed E-state index contributed by atoms with van der Waals surface area (Å²) in [5.41, 5.74) is 1.08. The molecular formula is C19H19ClO6. The number of allylic oxidation sites excluding steroid dienone is 2. The highest BCUT2D eigenvalue weighted by Gasteiger charge is 2.27. The van der Waals surface area contributed by atoms with E-state index in [0.717, 1.165) is 0 Å². The van der Waals surface area contributed by atoms with Gasteiger partial charge in [0.05, 0.1) is 36.0 Å². The van der Waals surface area contributed by atoms with Crippen molar-refractivity contribution in [2.45, 2.75) is 13.5 Å². The first-order valence-electron chi connectivity index (χ1n) is 7.89. The third-order valence-corrected chi connectivity index (χ3v) is 4.39. The van der Waals surface area contributed by atoms with Gasteiger partial charge in [0.2, 0.25) is 0 Å². The summed E-state index contributed by atoms with van der Waals surface area (Å²) in [7, 11) is 4.56. The fourth-order valence-corrected chi connectivity index (χ4v) is 3.28. The van der Waals surface area contributed by atoms with Crippen LogP contribution in [0.4, 0.5) is 0 Å². The SMILES string of the molecule is COCOc1c2c(cc3c(OC)cc(Cl)c(OC)c13)COC(C)=CC2=O. The third-order valence-electron chi connectivity index (χ3n) is 4.11. The van der Waals surface area contributed by atoms with Crippen LogP contribution in [0.1, 0.15) is 22.8 Å².